The van der Waals surface area contributed by atoms with Crippen molar-refractivity contribution in [3.63, 3.8) is 0 Å². The van der Waals surface area contributed by atoms with E-state index in [1.54, 1.807) is 7.11 Å². The molecule has 2 aromatic rings. The molecule has 0 heterocycles. The van der Waals surface area contributed by atoms with Crippen LogP contribution < -0.4 is 15.2 Å². The number of nitrogens with two attached hydrogens (primary N) is 1. The molecule has 0 aliphatic rings. The van der Waals surface area contributed by atoms with E-state index in [0.29, 0.717) is 19.1 Å². The third-order valence-electron chi connectivity index (χ3n) is 4.37. The van der Waals surface area contributed by atoms with E-state index in [0.717, 1.165) is 24.3 Å². The highest BCUT2D eigenvalue weighted by Crippen LogP contribution is 2.29. The number of hydrogen-bond acceptors (Lipinski definition) is 3. The highest BCUT2D eigenvalue weighted by Gasteiger charge is 2.14. The molecule has 2 N–H and O–H groups in total. The second kappa shape index (κ2) is 8.59. The van der Waals surface area contributed by atoms with Crippen molar-refractivity contribution in [3.8, 4) is 11.5 Å². The van der Waals surface area contributed by atoms with Crippen LogP contribution in [0.4, 0.5) is 0 Å². The molecule has 0 saturated carbocycles. The fourth-order valence-corrected chi connectivity index (χ4v) is 2.80. The largest absolute Gasteiger partial charge is 0.496 e. The minimum Gasteiger partial charge on any atom is -0.496 e. The Kier molecular flexibility index (Phi) is 6.48. The van der Waals surface area contributed by atoms with Crippen LogP contribution >= 0.6 is 0 Å². The number of para-hydroxylation sites is 1. The topological polar surface area (TPSA) is 44.5 Å². The molecule has 0 radical (unpaired) electrons. The number of ether oxygens (including phenoxy) is 2. The predicted molar refractivity (Wildman–Crippen MR) is 95.4 cm³/mol. The van der Waals surface area contributed by atoms with Crippen molar-refractivity contribution in [2.45, 2.75) is 32.6 Å². The van der Waals surface area contributed by atoms with Crippen molar-refractivity contribution < 1.29 is 9.47 Å². The number of benzene rings is 2. The molecule has 0 aliphatic carbocycles. The zero-order valence-electron chi connectivity index (χ0n) is 14.3. The van der Waals surface area contributed by atoms with Gasteiger partial charge in [-0.15, -0.1) is 0 Å². The van der Waals surface area contributed by atoms with Gasteiger partial charge in [-0.25, -0.2) is 0 Å². The summed E-state index contributed by atoms with van der Waals surface area (Å²) in [6, 6.07) is 14.3. The fraction of sp³-hybridized carbons (Fsp3) is 0.400. The summed E-state index contributed by atoms with van der Waals surface area (Å²) < 4.78 is 11.4. The standard InChI is InChI=1S/C20H27NO2/c1-15-8-6-12-19(16(15)2)23-13-7-9-17(14-21)18-10-4-5-11-20(18)22-3/h4-6,8,10-12,17H,7,9,13-14,21H2,1-3H3. The molecule has 2 aromatic carbocycles. The predicted octanol–water partition coefficient (Wildman–Crippen LogP) is 4.21. The van der Waals surface area contributed by atoms with Crippen molar-refractivity contribution in [1.29, 1.82) is 0 Å². The lowest BCUT2D eigenvalue weighted by Gasteiger charge is -2.18. The lowest BCUT2D eigenvalue weighted by atomic mass is 9.93. The molecule has 0 amide bonds. The van der Waals surface area contributed by atoms with Crippen molar-refractivity contribution in [3.05, 3.63) is 59.2 Å². The van der Waals surface area contributed by atoms with E-state index in [1.807, 2.05) is 30.3 Å². The highest BCUT2D eigenvalue weighted by molar-refractivity contribution is 5.38. The Morgan fingerprint density at radius 3 is 2.48 bits per heavy atom. The summed E-state index contributed by atoms with van der Waals surface area (Å²) in [4.78, 5) is 0. The van der Waals surface area contributed by atoms with E-state index in [-0.39, 0.29) is 0 Å². The first-order chi connectivity index (χ1) is 11.2. The van der Waals surface area contributed by atoms with Gasteiger partial charge in [-0.1, -0.05) is 30.3 Å². The molecule has 23 heavy (non-hydrogen) atoms. The molecular formula is C20H27NO2. The number of rotatable bonds is 8. The van der Waals surface area contributed by atoms with Crippen LogP contribution in [0.2, 0.25) is 0 Å². The number of methoxy groups -OCH3 is 1. The zero-order chi connectivity index (χ0) is 16.7. The smallest absolute Gasteiger partial charge is 0.122 e. The van der Waals surface area contributed by atoms with Crippen molar-refractivity contribution >= 4 is 0 Å². The van der Waals surface area contributed by atoms with Gasteiger partial charge in [-0.2, -0.15) is 0 Å². The van der Waals surface area contributed by atoms with Gasteiger partial charge in [-0.05, 0) is 68.0 Å². The molecular weight excluding hydrogens is 286 g/mol. The van der Waals surface area contributed by atoms with Crippen LogP contribution in [0.25, 0.3) is 0 Å². The van der Waals surface area contributed by atoms with Crippen LogP contribution in [0.3, 0.4) is 0 Å². The van der Waals surface area contributed by atoms with Crippen LogP contribution in [-0.4, -0.2) is 20.3 Å². The van der Waals surface area contributed by atoms with Crippen LogP contribution in [0.15, 0.2) is 42.5 Å². The SMILES string of the molecule is COc1ccccc1C(CN)CCCOc1cccc(C)c1C. The third kappa shape index (κ3) is 4.49. The third-order valence-corrected chi connectivity index (χ3v) is 4.37. The maximum Gasteiger partial charge on any atom is 0.122 e. The summed E-state index contributed by atoms with van der Waals surface area (Å²) in [6.45, 7) is 5.52. The Morgan fingerprint density at radius 1 is 1.00 bits per heavy atom. The van der Waals surface area contributed by atoms with Gasteiger partial charge in [0.2, 0.25) is 0 Å². The summed E-state index contributed by atoms with van der Waals surface area (Å²) in [6.07, 6.45) is 1.95. The Balaban J connectivity index is 1.90. The molecule has 3 heteroatoms. The Morgan fingerprint density at radius 2 is 1.74 bits per heavy atom. The van der Waals surface area contributed by atoms with Gasteiger partial charge in [0.1, 0.15) is 11.5 Å². The molecule has 0 aromatic heterocycles. The van der Waals surface area contributed by atoms with Crippen LogP contribution in [0, 0.1) is 13.8 Å². The van der Waals surface area contributed by atoms with Crippen molar-refractivity contribution in [2.24, 2.45) is 5.73 Å². The summed E-state index contributed by atoms with van der Waals surface area (Å²) in [7, 11) is 1.70. The zero-order valence-corrected chi connectivity index (χ0v) is 14.3. The number of hydrogen-bond donors (Lipinski definition) is 1. The molecule has 0 fully saturated rings. The van der Waals surface area contributed by atoms with E-state index in [9.17, 15) is 0 Å². The van der Waals surface area contributed by atoms with Crippen molar-refractivity contribution in [2.75, 3.05) is 20.3 Å². The van der Waals surface area contributed by atoms with E-state index in [2.05, 4.69) is 26.0 Å². The molecule has 124 valence electrons. The summed E-state index contributed by atoms with van der Waals surface area (Å²) in [5, 5.41) is 0. The molecule has 2 rings (SSSR count). The second-order valence-corrected chi connectivity index (χ2v) is 5.86. The van der Waals surface area contributed by atoms with Gasteiger partial charge >= 0.3 is 0 Å². The van der Waals surface area contributed by atoms with Gasteiger partial charge in [0, 0.05) is 0 Å². The summed E-state index contributed by atoms with van der Waals surface area (Å²) in [5.74, 6) is 2.19. The van der Waals surface area contributed by atoms with Gasteiger partial charge < -0.3 is 15.2 Å². The molecule has 0 saturated heterocycles. The average molecular weight is 313 g/mol. The van der Waals surface area contributed by atoms with Crippen LogP contribution in [0.1, 0.15) is 35.4 Å². The Hall–Kier alpha value is -2.00. The Labute approximate surface area is 139 Å². The molecule has 0 aliphatic heterocycles. The molecule has 0 spiro atoms. The first kappa shape index (κ1) is 17.4. The van der Waals surface area contributed by atoms with E-state index in [4.69, 9.17) is 15.2 Å². The number of aryl methyl sites for hydroxylation is 1. The molecule has 1 atom stereocenters. The maximum atomic E-state index is 5.97. The minimum absolute atomic E-state index is 0.299. The van der Waals surface area contributed by atoms with Crippen LogP contribution in [-0.2, 0) is 0 Å². The molecule has 0 bridgehead atoms. The summed E-state index contributed by atoms with van der Waals surface area (Å²) >= 11 is 0. The summed E-state index contributed by atoms with van der Waals surface area (Å²) in [5.41, 5.74) is 9.63. The van der Waals surface area contributed by atoms with Gasteiger partial charge in [-0.3, -0.25) is 0 Å². The molecule has 1 unspecified atom stereocenters. The van der Waals surface area contributed by atoms with Crippen molar-refractivity contribution in [1.82, 2.24) is 0 Å². The minimum atomic E-state index is 0.299. The van der Waals surface area contributed by atoms with Gasteiger partial charge in [0.15, 0.2) is 0 Å². The first-order valence-corrected chi connectivity index (χ1v) is 8.19. The lowest BCUT2D eigenvalue weighted by Crippen LogP contribution is -2.14. The quantitative estimate of drug-likeness (QED) is 0.742. The monoisotopic (exact) mass is 313 g/mol. The van der Waals surface area contributed by atoms with Crippen LogP contribution in [0.5, 0.6) is 11.5 Å². The van der Waals surface area contributed by atoms with E-state index >= 15 is 0 Å². The molecule has 3 nitrogen and oxygen atoms in total. The van der Waals surface area contributed by atoms with E-state index < -0.39 is 0 Å². The highest BCUT2D eigenvalue weighted by atomic mass is 16.5. The maximum absolute atomic E-state index is 5.97. The van der Waals surface area contributed by atoms with Gasteiger partial charge in [0.05, 0.1) is 13.7 Å². The lowest BCUT2D eigenvalue weighted by molar-refractivity contribution is 0.299. The van der Waals surface area contributed by atoms with E-state index in [1.165, 1.54) is 16.7 Å². The van der Waals surface area contributed by atoms with Gasteiger partial charge in [0.25, 0.3) is 0 Å². The Bertz CT molecular complexity index is 625. The first-order valence-electron chi connectivity index (χ1n) is 8.19. The normalized spacial score (nSPS) is 12.0. The second-order valence-electron chi connectivity index (χ2n) is 5.86. The fourth-order valence-electron chi connectivity index (χ4n) is 2.80. The average Bonchev–Trinajstić information content (AvgIpc) is 2.58.